The fourth-order valence-electron chi connectivity index (χ4n) is 1.72. The molecule has 1 aliphatic heterocycles. The van der Waals surface area contributed by atoms with Crippen molar-refractivity contribution in [1.82, 2.24) is 5.32 Å². The van der Waals surface area contributed by atoms with Crippen molar-refractivity contribution < 1.29 is 17.9 Å². The molecule has 1 aromatic rings. The molecule has 1 amide bonds. The third-order valence-electron chi connectivity index (χ3n) is 2.64. The number of nitrogens with one attached hydrogen (secondary N) is 1. The van der Waals surface area contributed by atoms with Gasteiger partial charge in [0.15, 0.2) is 9.84 Å². The van der Waals surface area contributed by atoms with E-state index in [-0.39, 0.29) is 10.9 Å². The molecule has 1 saturated heterocycles. The molecule has 2 rings (SSSR count). The molecular weight excluding hydrogens is 242 g/mol. The Morgan fingerprint density at radius 1 is 1.29 bits per heavy atom. The number of carbonyl (C=O) groups is 1. The smallest absolute Gasteiger partial charge is 0.407 e. The monoisotopic (exact) mass is 255 g/mol. The first-order valence-corrected chi connectivity index (χ1v) is 7.09. The van der Waals surface area contributed by atoms with E-state index in [0.29, 0.717) is 13.0 Å². The average Bonchev–Trinajstić information content (AvgIpc) is 2.28. The summed E-state index contributed by atoms with van der Waals surface area (Å²) in [7, 11) is -3.17. The molecule has 0 aliphatic carbocycles. The van der Waals surface area contributed by atoms with E-state index in [2.05, 4.69) is 5.32 Å². The van der Waals surface area contributed by atoms with Crippen molar-refractivity contribution in [3.63, 3.8) is 0 Å². The van der Waals surface area contributed by atoms with E-state index in [1.807, 2.05) is 0 Å². The molecular formula is C11H13NO4S. The van der Waals surface area contributed by atoms with Crippen molar-refractivity contribution in [3.8, 4) is 0 Å². The summed E-state index contributed by atoms with van der Waals surface area (Å²) < 4.78 is 27.3. The molecule has 1 fully saturated rings. The largest absolute Gasteiger partial charge is 0.449 e. The quantitative estimate of drug-likeness (QED) is 0.863. The van der Waals surface area contributed by atoms with Gasteiger partial charge in [-0.1, -0.05) is 12.1 Å². The summed E-state index contributed by atoms with van der Waals surface area (Å²) >= 11 is 0. The summed E-state index contributed by atoms with van der Waals surface area (Å²) in [5, 5.41) is 2.68. The molecule has 5 nitrogen and oxygen atoms in total. The van der Waals surface area contributed by atoms with Crippen LogP contribution in [0.4, 0.5) is 4.79 Å². The highest BCUT2D eigenvalue weighted by Gasteiger charge is 2.20. The number of cyclic esters (lactones) is 1. The zero-order valence-electron chi connectivity index (χ0n) is 9.34. The van der Waals surface area contributed by atoms with Crippen LogP contribution < -0.4 is 5.32 Å². The third kappa shape index (κ3) is 2.76. The lowest BCUT2D eigenvalue weighted by atomic mass is 10.0. The second kappa shape index (κ2) is 4.37. The van der Waals surface area contributed by atoms with E-state index in [4.69, 9.17) is 4.74 Å². The summed E-state index contributed by atoms with van der Waals surface area (Å²) in [6.45, 7) is 0.379. The summed E-state index contributed by atoms with van der Waals surface area (Å²) in [5.74, 6) is 0. The van der Waals surface area contributed by atoms with Crippen molar-refractivity contribution in [1.29, 1.82) is 0 Å². The Kier molecular flexibility index (Phi) is 3.06. The summed E-state index contributed by atoms with van der Waals surface area (Å²) in [6, 6.07) is 6.42. The predicted octanol–water partition coefficient (Wildman–Crippen LogP) is 1.26. The maximum Gasteiger partial charge on any atom is 0.407 e. The maximum absolute atomic E-state index is 11.3. The number of rotatable bonds is 2. The van der Waals surface area contributed by atoms with Crippen molar-refractivity contribution >= 4 is 15.9 Å². The summed E-state index contributed by atoms with van der Waals surface area (Å²) in [6.07, 6.45) is 1.41. The second-order valence-corrected chi connectivity index (χ2v) is 5.98. The van der Waals surface area contributed by atoms with E-state index in [0.717, 1.165) is 11.8 Å². The molecule has 0 radical (unpaired) electrons. The van der Waals surface area contributed by atoms with Gasteiger partial charge in [0.1, 0.15) is 0 Å². The molecule has 1 heterocycles. The Hall–Kier alpha value is -1.56. The average molecular weight is 255 g/mol. The lowest BCUT2D eigenvalue weighted by Gasteiger charge is -2.23. The fraction of sp³-hybridized carbons (Fsp3) is 0.364. The Bertz CT molecular complexity index is 521. The highest BCUT2D eigenvalue weighted by atomic mass is 32.2. The van der Waals surface area contributed by atoms with Crippen LogP contribution in [0.2, 0.25) is 0 Å². The van der Waals surface area contributed by atoms with E-state index in [1.165, 1.54) is 0 Å². The van der Waals surface area contributed by atoms with Crippen molar-refractivity contribution in [2.45, 2.75) is 17.4 Å². The number of ether oxygens (including phenoxy) is 1. The van der Waals surface area contributed by atoms with Crippen molar-refractivity contribution in [3.05, 3.63) is 29.8 Å². The van der Waals surface area contributed by atoms with Crippen LogP contribution >= 0.6 is 0 Å². The van der Waals surface area contributed by atoms with Gasteiger partial charge in [-0.3, -0.25) is 0 Å². The number of benzene rings is 1. The Morgan fingerprint density at radius 3 is 2.47 bits per heavy atom. The predicted molar refractivity (Wildman–Crippen MR) is 61.4 cm³/mol. The highest BCUT2D eigenvalue weighted by molar-refractivity contribution is 7.90. The summed E-state index contributed by atoms with van der Waals surface area (Å²) in [5.41, 5.74) is 0.883. The molecule has 0 bridgehead atoms. The van der Waals surface area contributed by atoms with Crippen LogP contribution in [-0.2, 0) is 14.6 Å². The van der Waals surface area contributed by atoms with Crippen LogP contribution in [-0.4, -0.2) is 27.4 Å². The Morgan fingerprint density at radius 2 is 1.94 bits per heavy atom. The Labute approximate surface area is 99.7 Å². The van der Waals surface area contributed by atoms with Crippen LogP contribution in [0.3, 0.4) is 0 Å². The Balaban J connectivity index is 2.20. The number of alkyl carbamates (subject to hydrolysis) is 1. The SMILES string of the molecule is CS(=O)(=O)c1ccc([C@H]2CCOC(=O)N2)cc1. The molecule has 0 unspecified atom stereocenters. The molecule has 0 spiro atoms. The minimum absolute atomic E-state index is 0.107. The molecule has 1 aromatic carbocycles. The van der Waals surface area contributed by atoms with Crippen molar-refractivity contribution in [2.75, 3.05) is 12.9 Å². The topological polar surface area (TPSA) is 72.5 Å². The van der Waals surface area contributed by atoms with Gasteiger partial charge in [-0.15, -0.1) is 0 Å². The molecule has 1 atom stereocenters. The van der Waals surface area contributed by atoms with Crippen LogP contribution in [0.1, 0.15) is 18.0 Å². The molecule has 0 saturated carbocycles. The lowest BCUT2D eigenvalue weighted by Crippen LogP contribution is -2.35. The standard InChI is InChI=1S/C11H13NO4S/c1-17(14,15)9-4-2-8(3-5-9)10-6-7-16-11(13)12-10/h2-5,10H,6-7H2,1H3,(H,12,13)/t10-/m1/s1. The fourth-order valence-corrected chi connectivity index (χ4v) is 2.35. The van der Waals surface area contributed by atoms with Crippen LogP contribution in [0, 0.1) is 0 Å². The minimum atomic E-state index is -3.17. The third-order valence-corrected chi connectivity index (χ3v) is 3.77. The number of hydrogen-bond acceptors (Lipinski definition) is 4. The molecule has 92 valence electrons. The van der Waals surface area contributed by atoms with Gasteiger partial charge in [-0.25, -0.2) is 13.2 Å². The van der Waals surface area contributed by atoms with Crippen LogP contribution in [0.15, 0.2) is 29.2 Å². The first-order chi connectivity index (χ1) is 7.97. The molecule has 17 heavy (non-hydrogen) atoms. The van der Waals surface area contributed by atoms with Gasteiger partial charge < -0.3 is 10.1 Å². The van der Waals surface area contributed by atoms with Gasteiger partial charge in [-0.05, 0) is 17.7 Å². The number of carbonyl (C=O) groups excluding carboxylic acids is 1. The maximum atomic E-state index is 11.3. The van der Waals surface area contributed by atoms with Crippen LogP contribution in [0.5, 0.6) is 0 Å². The number of amides is 1. The summed E-state index contributed by atoms with van der Waals surface area (Å²) in [4.78, 5) is 11.3. The minimum Gasteiger partial charge on any atom is -0.449 e. The second-order valence-electron chi connectivity index (χ2n) is 3.96. The van der Waals surface area contributed by atoms with E-state index < -0.39 is 15.9 Å². The van der Waals surface area contributed by atoms with Crippen LogP contribution in [0.25, 0.3) is 0 Å². The first-order valence-electron chi connectivity index (χ1n) is 5.20. The number of sulfone groups is 1. The van der Waals surface area contributed by atoms with Gasteiger partial charge in [0.2, 0.25) is 0 Å². The molecule has 1 N–H and O–H groups in total. The molecule has 0 aromatic heterocycles. The zero-order valence-corrected chi connectivity index (χ0v) is 10.2. The van der Waals surface area contributed by atoms with Gasteiger partial charge in [0.25, 0.3) is 0 Å². The highest BCUT2D eigenvalue weighted by Crippen LogP contribution is 2.21. The van der Waals surface area contributed by atoms with Gasteiger partial charge in [-0.2, -0.15) is 0 Å². The van der Waals surface area contributed by atoms with Gasteiger partial charge in [0.05, 0.1) is 17.5 Å². The van der Waals surface area contributed by atoms with Crippen molar-refractivity contribution in [2.24, 2.45) is 0 Å². The lowest BCUT2D eigenvalue weighted by molar-refractivity contribution is 0.115. The van der Waals surface area contributed by atoms with Gasteiger partial charge in [0, 0.05) is 12.7 Å². The van der Waals surface area contributed by atoms with E-state index in [9.17, 15) is 13.2 Å². The van der Waals surface area contributed by atoms with E-state index >= 15 is 0 Å². The van der Waals surface area contributed by atoms with Gasteiger partial charge >= 0.3 is 6.09 Å². The zero-order chi connectivity index (χ0) is 12.5. The molecule has 6 heteroatoms. The van der Waals surface area contributed by atoms with E-state index in [1.54, 1.807) is 24.3 Å². The first kappa shape index (κ1) is 11.9. The normalized spacial score (nSPS) is 20.5. The molecule has 1 aliphatic rings. The number of hydrogen-bond donors (Lipinski definition) is 1.